The first kappa shape index (κ1) is 24.1. The summed E-state index contributed by atoms with van der Waals surface area (Å²) in [5, 5.41) is 2.80. The Kier molecular flexibility index (Phi) is 8.32. The summed E-state index contributed by atoms with van der Waals surface area (Å²) in [6.45, 7) is 0.130. The van der Waals surface area contributed by atoms with Crippen LogP contribution in [0.4, 0.5) is 5.69 Å². The zero-order valence-corrected chi connectivity index (χ0v) is 19.5. The first-order valence-corrected chi connectivity index (χ1v) is 12.4. The molecule has 0 bridgehead atoms. The summed E-state index contributed by atoms with van der Waals surface area (Å²) in [6.07, 6.45) is 2.52. The lowest BCUT2D eigenvalue weighted by atomic mass is 10.1. The van der Waals surface area contributed by atoms with Crippen molar-refractivity contribution in [2.75, 3.05) is 30.8 Å². The Hall–Kier alpha value is -3.52. The molecule has 3 aromatic carbocycles. The third-order valence-electron chi connectivity index (χ3n) is 4.93. The molecule has 0 aromatic heterocycles. The second-order valence-electron chi connectivity index (χ2n) is 7.44. The van der Waals surface area contributed by atoms with Crippen LogP contribution in [0.15, 0.2) is 78.9 Å². The van der Waals surface area contributed by atoms with E-state index in [-0.39, 0.29) is 12.5 Å². The Morgan fingerprint density at radius 3 is 2.21 bits per heavy atom. The zero-order chi connectivity index (χ0) is 23.7. The number of para-hydroxylation sites is 2. The Morgan fingerprint density at radius 1 is 0.909 bits per heavy atom. The van der Waals surface area contributed by atoms with E-state index < -0.39 is 10.0 Å². The van der Waals surface area contributed by atoms with Gasteiger partial charge in [-0.2, -0.15) is 0 Å². The third-order valence-corrected chi connectivity index (χ3v) is 6.07. The number of benzene rings is 3. The van der Waals surface area contributed by atoms with Gasteiger partial charge < -0.3 is 14.8 Å². The van der Waals surface area contributed by atoms with Gasteiger partial charge in [-0.1, -0.05) is 36.4 Å². The first-order valence-electron chi connectivity index (χ1n) is 10.6. The molecule has 0 unspecified atom stereocenters. The molecule has 7 nitrogen and oxygen atoms in total. The fourth-order valence-electron chi connectivity index (χ4n) is 3.31. The van der Waals surface area contributed by atoms with Crippen molar-refractivity contribution < 1.29 is 22.7 Å². The minimum absolute atomic E-state index is 0.299. The van der Waals surface area contributed by atoms with Crippen molar-refractivity contribution in [3.8, 4) is 17.2 Å². The van der Waals surface area contributed by atoms with Gasteiger partial charge in [-0.3, -0.25) is 9.10 Å². The van der Waals surface area contributed by atoms with Crippen molar-refractivity contribution >= 4 is 21.6 Å². The molecule has 0 aliphatic rings. The maximum Gasteiger partial charge on any atom is 0.240 e. The fourth-order valence-corrected chi connectivity index (χ4v) is 4.16. The number of aryl methyl sites for hydroxylation is 1. The van der Waals surface area contributed by atoms with Gasteiger partial charge in [-0.05, 0) is 60.9 Å². The lowest BCUT2D eigenvalue weighted by Gasteiger charge is -2.22. The van der Waals surface area contributed by atoms with Crippen LogP contribution in [0, 0.1) is 0 Å². The quantitative estimate of drug-likeness (QED) is 0.430. The summed E-state index contributed by atoms with van der Waals surface area (Å²) in [7, 11) is -2.03. The van der Waals surface area contributed by atoms with E-state index in [0.29, 0.717) is 30.2 Å². The van der Waals surface area contributed by atoms with Gasteiger partial charge in [0.05, 0.1) is 19.1 Å². The number of anilines is 1. The molecule has 0 radical (unpaired) electrons. The fraction of sp³-hybridized carbons (Fsp3) is 0.240. The highest BCUT2D eigenvalue weighted by Crippen LogP contribution is 2.25. The van der Waals surface area contributed by atoms with Gasteiger partial charge in [-0.25, -0.2) is 8.42 Å². The van der Waals surface area contributed by atoms with E-state index in [1.54, 1.807) is 31.4 Å². The van der Waals surface area contributed by atoms with E-state index >= 15 is 0 Å². The van der Waals surface area contributed by atoms with Gasteiger partial charge in [0.25, 0.3) is 0 Å². The first-order chi connectivity index (χ1) is 15.9. The number of methoxy groups -OCH3 is 1. The molecule has 0 spiro atoms. The van der Waals surface area contributed by atoms with Crippen molar-refractivity contribution in [2.24, 2.45) is 0 Å². The Bertz CT molecular complexity index is 1150. The molecule has 0 aliphatic carbocycles. The number of carbonyl (C=O) groups excluding carboxylic acids is 1. The third kappa shape index (κ3) is 7.25. The highest BCUT2D eigenvalue weighted by atomic mass is 32.2. The number of hydrogen-bond donors (Lipinski definition) is 1. The molecule has 8 heteroatoms. The van der Waals surface area contributed by atoms with E-state index in [0.717, 1.165) is 28.3 Å². The van der Waals surface area contributed by atoms with E-state index in [2.05, 4.69) is 5.32 Å². The molecule has 0 saturated heterocycles. The Morgan fingerprint density at radius 2 is 1.55 bits per heavy atom. The van der Waals surface area contributed by atoms with E-state index in [9.17, 15) is 13.2 Å². The lowest BCUT2D eigenvalue weighted by Crippen LogP contribution is -2.40. The number of amides is 1. The smallest absolute Gasteiger partial charge is 0.240 e. The van der Waals surface area contributed by atoms with Crippen LogP contribution in [0.25, 0.3) is 0 Å². The molecule has 0 atom stereocenters. The number of ether oxygens (including phenoxy) is 2. The number of hydrogen-bond acceptors (Lipinski definition) is 5. The van der Waals surface area contributed by atoms with Crippen LogP contribution in [0.2, 0.25) is 0 Å². The minimum atomic E-state index is -3.65. The maximum absolute atomic E-state index is 12.4. The summed E-state index contributed by atoms with van der Waals surface area (Å²) in [5.41, 5.74) is 1.45. The SMILES string of the molecule is COc1ccccc1CCCNC(=O)CN(c1ccc(Oc2ccccc2)cc1)S(C)(=O)=O. The molecular weight excluding hydrogens is 440 g/mol. The van der Waals surface area contributed by atoms with Crippen molar-refractivity contribution in [2.45, 2.75) is 12.8 Å². The van der Waals surface area contributed by atoms with Gasteiger partial charge in [0.2, 0.25) is 15.9 Å². The maximum atomic E-state index is 12.4. The summed E-state index contributed by atoms with van der Waals surface area (Å²) in [4.78, 5) is 12.4. The number of nitrogens with one attached hydrogen (secondary N) is 1. The number of carbonyl (C=O) groups is 1. The molecule has 33 heavy (non-hydrogen) atoms. The molecule has 0 heterocycles. The number of rotatable bonds is 11. The van der Waals surface area contributed by atoms with Gasteiger partial charge >= 0.3 is 0 Å². The minimum Gasteiger partial charge on any atom is -0.496 e. The van der Waals surface area contributed by atoms with E-state index in [1.165, 1.54) is 0 Å². The summed E-state index contributed by atoms with van der Waals surface area (Å²) in [5.74, 6) is 1.69. The standard InChI is InChI=1S/C25H28N2O5S/c1-31-24-13-7-6-9-20(24)10-8-18-26-25(28)19-27(33(2,29)30)21-14-16-23(17-15-21)32-22-11-4-3-5-12-22/h3-7,9,11-17H,8,10,18-19H2,1-2H3,(H,26,28). The van der Waals surface area contributed by atoms with Crippen LogP contribution in [0.1, 0.15) is 12.0 Å². The van der Waals surface area contributed by atoms with E-state index in [1.807, 2.05) is 54.6 Å². The molecule has 3 aromatic rings. The largest absolute Gasteiger partial charge is 0.496 e. The van der Waals surface area contributed by atoms with Crippen LogP contribution < -0.4 is 19.1 Å². The molecule has 1 N–H and O–H groups in total. The summed E-state index contributed by atoms with van der Waals surface area (Å²) >= 11 is 0. The van der Waals surface area contributed by atoms with Crippen LogP contribution in [-0.4, -0.2) is 40.8 Å². The van der Waals surface area contributed by atoms with Gasteiger partial charge in [0, 0.05) is 6.54 Å². The predicted molar refractivity (Wildman–Crippen MR) is 129 cm³/mol. The van der Waals surface area contributed by atoms with Crippen molar-refractivity contribution in [3.05, 3.63) is 84.4 Å². The summed E-state index contributed by atoms with van der Waals surface area (Å²) in [6, 6.07) is 23.6. The van der Waals surface area contributed by atoms with Crippen molar-refractivity contribution in [3.63, 3.8) is 0 Å². The molecular formula is C25H28N2O5S. The second kappa shape index (κ2) is 11.4. The second-order valence-corrected chi connectivity index (χ2v) is 9.35. The average molecular weight is 469 g/mol. The van der Waals surface area contributed by atoms with Crippen LogP contribution >= 0.6 is 0 Å². The van der Waals surface area contributed by atoms with E-state index in [4.69, 9.17) is 9.47 Å². The lowest BCUT2D eigenvalue weighted by molar-refractivity contribution is -0.119. The number of sulfonamides is 1. The van der Waals surface area contributed by atoms with Gasteiger partial charge in [0.15, 0.2) is 0 Å². The van der Waals surface area contributed by atoms with Crippen LogP contribution in [-0.2, 0) is 21.2 Å². The van der Waals surface area contributed by atoms with Gasteiger partial charge in [0.1, 0.15) is 23.8 Å². The Labute approximate surface area is 195 Å². The van der Waals surface area contributed by atoms with Crippen LogP contribution in [0.5, 0.6) is 17.2 Å². The van der Waals surface area contributed by atoms with Crippen LogP contribution in [0.3, 0.4) is 0 Å². The average Bonchev–Trinajstić information content (AvgIpc) is 2.81. The monoisotopic (exact) mass is 468 g/mol. The molecule has 174 valence electrons. The predicted octanol–water partition coefficient (Wildman–Crippen LogP) is 4.00. The highest BCUT2D eigenvalue weighted by Gasteiger charge is 2.20. The molecule has 0 fully saturated rings. The van der Waals surface area contributed by atoms with Crippen molar-refractivity contribution in [1.82, 2.24) is 5.32 Å². The summed E-state index contributed by atoms with van der Waals surface area (Å²) < 4.78 is 36.8. The molecule has 0 aliphatic heterocycles. The highest BCUT2D eigenvalue weighted by molar-refractivity contribution is 7.92. The number of nitrogens with zero attached hydrogens (tertiary/aromatic N) is 1. The van der Waals surface area contributed by atoms with Crippen molar-refractivity contribution in [1.29, 1.82) is 0 Å². The van der Waals surface area contributed by atoms with Gasteiger partial charge in [-0.15, -0.1) is 0 Å². The molecule has 3 rings (SSSR count). The normalized spacial score (nSPS) is 11.0. The topological polar surface area (TPSA) is 84.9 Å². The zero-order valence-electron chi connectivity index (χ0n) is 18.7. The Balaban J connectivity index is 1.56. The molecule has 1 amide bonds. The molecule has 0 saturated carbocycles.